The van der Waals surface area contributed by atoms with Crippen LogP contribution < -0.4 is 10.6 Å². The molecule has 1 aromatic rings. The molecule has 0 aliphatic carbocycles. The Bertz CT molecular complexity index is 629. The van der Waals surface area contributed by atoms with E-state index in [-0.39, 0.29) is 6.10 Å². The Labute approximate surface area is 193 Å². The maximum Gasteiger partial charge on any atom is 0.191 e. The minimum Gasteiger partial charge on any atom is -0.378 e. The van der Waals surface area contributed by atoms with Crippen LogP contribution in [0.5, 0.6) is 0 Å². The fourth-order valence-corrected chi connectivity index (χ4v) is 4.15. The molecule has 180 valence electrons. The monoisotopic (exact) mass is 446 g/mol. The molecule has 2 fully saturated rings. The number of rotatable bonds is 13. The molecule has 0 spiro atoms. The van der Waals surface area contributed by atoms with Gasteiger partial charge < -0.3 is 24.8 Å². The molecule has 1 unspecified atom stereocenters. The Morgan fingerprint density at radius 1 is 1.12 bits per heavy atom. The van der Waals surface area contributed by atoms with Crippen LogP contribution in [0.25, 0.3) is 0 Å². The van der Waals surface area contributed by atoms with Gasteiger partial charge in [-0.25, -0.2) is 0 Å². The molecule has 0 radical (unpaired) electrons. The molecular formula is C25H42N4O3. The maximum absolute atomic E-state index is 6.12. The second kappa shape index (κ2) is 15.2. The van der Waals surface area contributed by atoms with Crippen molar-refractivity contribution in [2.75, 3.05) is 59.2 Å². The van der Waals surface area contributed by atoms with E-state index >= 15 is 0 Å². The van der Waals surface area contributed by atoms with Gasteiger partial charge in [0.1, 0.15) is 0 Å². The summed E-state index contributed by atoms with van der Waals surface area (Å²) in [7, 11) is 0. The van der Waals surface area contributed by atoms with Crippen molar-refractivity contribution in [1.82, 2.24) is 15.5 Å². The molecule has 0 amide bonds. The van der Waals surface area contributed by atoms with Gasteiger partial charge in [0.2, 0.25) is 0 Å². The zero-order chi connectivity index (χ0) is 22.3. The first-order valence-corrected chi connectivity index (χ1v) is 12.4. The van der Waals surface area contributed by atoms with Crippen LogP contribution in [0.3, 0.4) is 0 Å². The third-order valence-corrected chi connectivity index (χ3v) is 5.92. The molecule has 2 aliphatic rings. The molecule has 1 atom stereocenters. The highest BCUT2D eigenvalue weighted by molar-refractivity contribution is 5.79. The summed E-state index contributed by atoms with van der Waals surface area (Å²) < 4.78 is 17.4. The summed E-state index contributed by atoms with van der Waals surface area (Å²) in [4.78, 5) is 7.18. The van der Waals surface area contributed by atoms with Gasteiger partial charge in [-0.2, -0.15) is 0 Å². The SMILES string of the molecule is CCNC(=NCCCOC1CCN(Cc2ccccc2)CC1)NCCOCC1CCCO1. The highest BCUT2D eigenvalue weighted by atomic mass is 16.5. The second-order valence-corrected chi connectivity index (χ2v) is 8.58. The Morgan fingerprint density at radius 2 is 1.97 bits per heavy atom. The fourth-order valence-electron chi connectivity index (χ4n) is 4.15. The van der Waals surface area contributed by atoms with Gasteiger partial charge in [0.05, 0.1) is 25.4 Å². The lowest BCUT2D eigenvalue weighted by atomic mass is 10.1. The predicted octanol–water partition coefficient (Wildman–Crippen LogP) is 2.81. The van der Waals surface area contributed by atoms with Crippen molar-refractivity contribution in [2.45, 2.75) is 57.8 Å². The topological polar surface area (TPSA) is 67.4 Å². The number of nitrogens with zero attached hydrogens (tertiary/aromatic N) is 2. The third kappa shape index (κ3) is 9.86. The van der Waals surface area contributed by atoms with E-state index in [0.717, 1.165) is 90.5 Å². The Hall–Kier alpha value is -1.67. The van der Waals surface area contributed by atoms with E-state index in [0.29, 0.717) is 19.3 Å². The molecule has 32 heavy (non-hydrogen) atoms. The standard InChI is InChI=1S/C25H42N4O3/c1-2-26-25(28-14-19-30-21-24-10-6-17-32-24)27-13-7-18-31-23-11-15-29(16-12-23)20-22-8-4-3-5-9-22/h3-5,8-9,23-24H,2,6-7,10-21H2,1H3,(H2,26,27,28). The highest BCUT2D eigenvalue weighted by Crippen LogP contribution is 2.16. The van der Waals surface area contributed by atoms with Crippen LogP contribution in [-0.4, -0.2) is 82.2 Å². The van der Waals surface area contributed by atoms with Gasteiger partial charge in [-0.15, -0.1) is 0 Å². The number of ether oxygens (including phenoxy) is 3. The summed E-state index contributed by atoms with van der Waals surface area (Å²) in [5.41, 5.74) is 1.39. The van der Waals surface area contributed by atoms with Crippen LogP contribution in [0.4, 0.5) is 0 Å². The summed E-state index contributed by atoms with van der Waals surface area (Å²) in [6.45, 7) is 10.7. The summed E-state index contributed by atoms with van der Waals surface area (Å²) in [5, 5.41) is 6.63. The molecule has 0 saturated carbocycles. The Morgan fingerprint density at radius 3 is 2.72 bits per heavy atom. The van der Waals surface area contributed by atoms with Crippen molar-refractivity contribution in [3.05, 3.63) is 35.9 Å². The van der Waals surface area contributed by atoms with E-state index in [4.69, 9.17) is 14.2 Å². The minimum atomic E-state index is 0.285. The molecule has 2 aliphatic heterocycles. The third-order valence-electron chi connectivity index (χ3n) is 5.92. The van der Waals surface area contributed by atoms with Crippen molar-refractivity contribution in [1.29, 1.82) is 0 Å². The zero-order valence-corrected chi connectivity index (χ0v) is 19.8. The first kappa shape index (κ1) is 25.0. The highest BCUT2D eigenvalue weighted by Gasteiger charge is 2.19. The van der Waals surface area contributed by atoms with E-state index in [1.165, 1.54) is 5.56 Å². The van der Waals surface area contributed by atoms with Crippen molar-refractivity contribution < 1.29 is 14.2 Å². The van der Waals surface area contributed by atoms with E-state index in [9.17, 15) is 0 Å². The number of guanidine groups is 1. The predicted molar refractivity (Wildman–Crippen MR) is 129 cm³/mol. The van der Waals surface area contributed by atoms with E-state index in [1.54, 1.807) is 0 Å². The first-order valence-electron chi connectivity index (χ1n) is 12.4. The van der Waals surface area contributed by atoms with Crippen LogP contribution in [0.15, 0.2) is 35.3 Å². The number of likely N-dealkylation sites (tertiary alicyclic amines) is 1. The van der Waals surface area contributed by atoms with Gasteiger partial charge in [0.25, 0.3) is 0 Å². The number of piperidine rings is 1. The van der Waals surface area contributed by atoms with Gasteiger partial charge in [-0.05, 0) is 44.6 Å². The Balaban J connectivity index is 1.21. The average Bonchev–Trinajstić information content (AvgIpc) is 3.34. The van der Waals surface area contributed by atoms with Gasteiger partial charge in [0, 0.05) is 52.5 Å². The van der Waals surface area contributed by atoms with Gasteiger partial charge >= 0.3 is 0 Å². The van der Waals surface area contributed by atoms with Crippen molar-refractivity contribution in [3.8, 4) is 0 Å². The van der Waals surface area contributed by atoms with Gasteiger partial charge in [-0.3, -0.25) is 9.89 Å². The molecule has 2 saturated heterocycles. The summed E-state index contributed by atoms with van der Waals surface area (Å²) >= 11 is 0. The molecular weight excluding hydrogens is 404 g/mol. The number of nitrogens with one attached hydrogen (secondary N) is 2. The summed E-state index contributed by atoms with van der Waals surface area (Å²) in [6, 6.07) is 10.7. The molecule has 0 bridgehead atoms. The van der Waals surface area contributed by atoms with Crippen molar-refractivity contribution in [2.24, 2.45) is 4.99 Å². The molecule has 2 heterocycles. The minimum absolute atomic E-state index is 0.285. The molecule has 0 aromatic heterocycles. The fraction of sp³-hybridized carbons (Fsp3) is 0.720. The number of aliphatic imine (C=N–C) groups is 1. The largest absolute Gasteiger partial charge is 0.378 e. The number of hydrogen-bond acceptors (Lipinski definition) is 5. The van der Waals surface area contributed by atoms with E-state index < -0.39 is 0 Å². The zero-order valence-electron chi connectivity index (χ0n) is 19.8. The second-order valence-electron chi connectivity index (χ2n) is 8.58. The van der Waals surface area contributed by atoms with Gasteiger partial charge in [-0.1, -0.05) is 30.3 Å². The molecule has 1 aromatic carbocycles. The summed E-state index contributed by atoms with van der Waals surface area (Å²) in [6.07, 6.45) is 6.12. The van der Waals surface area contributed by atoms with Crippen LogP contribution >= 0.6 is 0 Å². The summed E-state index contributed by atoms with van der Waals surface area (Å²) in [5.74, 6) is 0.849. The van der Waals surface area contributed by atoms with Crippen LogP contribution in [0.2, 0.25) is 0 Å². The van der Waals surface area contributed by atoms with E-state index in [1.807, 2.05) is 0 Å². The quantitative estimate of drug-likeness (QED) is 0.276. The smallest absolute Gasteiger partial charge is 0.191 e. The maximum atomic E-state index is 6.12. The van der Waals surface area contributed by atoms with E-state index in [2.05, 4.69) is 57.8 Å². The van der Waals surface area contributed by atoms with Gasteiger partial charge in [0.15, 0.2) is 5.96 Å². The number of benzene rings is 1. The molecule has 7 nitrogen and oxygen atoms in total. The average molecular weight is 447 g/mol. The lowest BCUT2D eigenvalue weighted by Crippen LogP contribution is -2.39. The normalized spacial score (nSPS) is 20.5. The lowest BCUT2D eigenvalue weighted by Gasteiger charge is -2.31. The molecule has 2 N–H and O–H groups in total. The molecule has 7 heteroatoms. The Kier molecular flexibility index (Phi) is 11.9. The first-order chi connectivity index (χ1) is 15.8. The lowest BCUT2D eigenvalue weighted by molar-refractivity contribution is 0.00565. The molecule has 3 rings (SSSR count). The van der Waals surface area contributed by atoms with Crippen molar-refractivity contribution >= 4 is 5.96 Å². The van der Waals surface area contributed by atoms with Crippen LogP contribution in [0, 0.1) is 0 Å². The number of hydrogen-bond donors (Lipinski definition) is 2. The van der Waals surface area contributed by atoms with Crippen LogP contribution in [-0.2, 0) is 20.8 Å². The van der Waals surface area contributed by atoms with Crippen molar-refractivity contribution in [3.63, 3.8) is 0 Å². The van der Waals surface area contributed by atoms with Crippen LogP contribution in [0.1, 0.15) is 44.6 Å².